The lowest BCUT2D eigenvalue weighted by molar-refractivity contribution is -0.119. The van der Waals surface area contributed by atoms with Crippen molar-refractivity contribution in [3.05, 3.63) is 34.2 Å². The molecule has 0 aliphatic carbocycles. The van der Waals surface area contributed by atoms with Crippen molar-refractivity contribution in [2.24, 2.45) is 5.92 Å². The maximum Gasteiger partial charge on any atom is 0.209 e. The molecule has 1 fully saturated rings. The molecule has 176 valence electrons. The van der Waals surface area contributed by atoms with Crippen LogP contribution >= 0.6 is 0 Å². The van der Waals surface area contributed by atoms with Gasteiger partial charge in [0.15, 0.2) is 0 Å². The molecule has 31 heavy (non-hydrogen) atoms. The number of H-pyrrole nitrogens is 1. The third-order valence-corrected chi connectivity index (χ3v) is 6.56. The Bertz CT molecular complexity index is 810. The molecule has 0 bridgehead atoms. The van der Waals surface area contributed by atoms with Gasteiger partial charge >= 0.3 is 0 Å². The second-order valence-electron chi connectivity index (χ2n) is 8.78. The Morgan fingerprint density at radius 3 is 2.35 bits per heavy atom. The van der Waals surface area contributed by atoms with Crippen LogP contribution in [0.2, 0.25) is 0 Å². The highest BCUT2D eigenvalue weighted by Crippen LogP contribution is 2.30. The number of rotatable bonds is 8. The van der Waals surface area contributed by atoms with Crippen LogP contribution in [-0.4, -0.2) is 47.2 Å². The predicted octanol–water partition coefficient (Wildman–Crippen LogP) is 4.03. The first-order valence-electron chi connectivity index (χ1n) is 11.7. The predicted molar refractivity (Wildman–Crippen MR) is 130 cm³/mol. The highest BCUT2D eigenvalue weighted by molar-refractivity contribution is 5.47. The number of nitrogens with zero attached hydrogens (tertiary/aromatic N) is 1. The number of aliphatic hydroxyl groups is 1. The van der Waals surface area contributed by atoms with Crippen molar-refractivity contribution < 1.29 is 14.6 Å². The van der Waals surface area contributed by atoms with Crippen molar-refractivity contribution in [3.8, 4) is 0 Å². The Hall–Kier alpha value is -2.01. The van der Waals surface area contributed by atoms with E-state index in [4.69, 9.17) is 4.74 Å². The van der Waals surface area contributed by atoms with Crippen LogP contribution in [0.1, 0.15) is 78.8 Å². The van der Waals surface area contributed by atoms with Crippen molar-refractivity contribution >= 4 is 18.1 Å². The number of ether oxygens (including phenoxy) is 1. The van der Waals surface area contributed by atoms with Gasteiger partial charge in [-0.3, -0.25) is 4.79 Å². The number of methoxy groups -OCH3 is 1. The molecule has 2 rings (SSSR count). The van der Waals surface area contributed by atoms with Crippen LogP contribution in [0.3, 0.4) is 0 Å². The minimum Gasteiger partial charge on any atom is -0.501 e. The summed E-state index contributed by atoms with van der Waals surface area (Å²) in [5.74, 6) is 1.50. The van der Waals surface area contributed by atoms with E-state index in [9.17, 15) is 9.90 Å². The lowest BCUT2D eigenvalue weighted by atomic mass is 9.82. The van der Waals surface area contributed by atoms with E-state index >= 15 is 0 Å². The van der Waals surface area contributed by atoms with Gasteiger partial charge in [-0.05, 0) is 88.7 Å². The summed E-state index contributed by atoms with van der Waals surface area (Å²) in [5, 5.41) is 12.7. The molecule has 2 heterocycles. The van der Waals surface area contributed by atoms with E-state index in [1.807, 2.05) is 31.7 Å². The molecule has 5 heteroatoms. The Morgan fingerprint density at radius 2 is 1.87 bits per heavy atom. The number of aryl methyl sites for hydroxylation is 1. The largest absolute Gasteiger partial charge is 0.501 e. The third kappa shape index (κ3) is 8.94. The summed E-state index contributed by atoms with van der Waals surface area (Å²) >= 11 is 0. The molecule has 1 saturated heterocycles. The number of amides is 1. The molecule has 0 radical (unpaired) electrons. The highest BCUT2D eigenvalue weighted by Gasteiger charge is 2.28. The van der Waals surface area contributed by atoms with Crippen LogP contribution in [0.5, 0.6) is 0 Å². The van der Waals surface area contributed by atoms with E-state index in [2.05, 4.69) is 37.9 Å². The zero-order chi connectivity index (χ0) is 23.4. The summed E-state index contributed by atoms with van der Waals surface area (Å²) in [6.07, 6.45) is 10.7. The minimum absolute atomic E-state index is 0.478. The number of aromatic nitrogens is 1. The number of likely N-dealkylation sites (tertiary alicyclic amines) is 1. The fourth-order valence-electron chi connectivity index (χ4n) is 3.89. The number of carbonyl (C=O) groups is 1. The SMILES string of the molecule is CC/C(C)=c1/cc(C)[nH]/c1=C/C=C(\C)OC.CCC(O)(CC)CC1CCN(C=O)CC1. The van der Waals surface area contributed by atoms with Crippen LogP contribution in [0.4, 0.5) is 0 Å². The lowest BCUT2D eigenvalue weighted by Gasteiger charge is -2.35. The van der Waals surface area contributed by atoms with Gasteiger partial charge in [0, 0.05) is 24.1 Å². The van der Waals surface area contributed by atoms with E-state index in [1.165, 1.54) is 16.5 Å². The molecule has 0 atom stereocenters. The maximum absolute atomic E-state index is 10.5. The van der Waals surface area contributed by atoms with E-state index in [0.717, 1.165) is 69.1 Å². The zero-order valence-corrected chi connectivity index (χ0v) is 20.8. The van der Waals surface area contributed by atoms with Gasteiger partial charge in [-0.15, -0.1) is 0 Å². The Labute approximate surface area is 188 Å². The van der Waals surface area contributed by atoms with Crippen LogP contribution in [-0.2, 0) is 9.53 Å². The molecule has 0 unspecified atom stereocenters. The first-order chi connectivity index (χ1) is 14.7. The lowest BCUT2D eigenvalue weighted by Crippen LogP contribution is -2.37. The number of hydrogen-bond donors (Lipinski definition) is 2. The second-order valence-corrected chi connectivity index (χ2v) is 8.78. The van der Waals surface area contributed by atoms with E-state index in [0.29, 0.717) is 5.92 Å². The molecule has 1 aromatic rings. The van der Waals surface area contributed by atoms with Gasteiger partial charge in [-0.1, -0.05) is 26.3 Å². The number of aromatic amines is 1. The number of piperidine rings is 1. The summed E-state index contributed by atoms with van der Waals surface area (Å²) in [7, 11) is 1.68. The third-order valence-electron chi connectivity index (χ3n) is 6.56. The molecule has 1 amide bonds. The fraction of sp³-hybridized carbons (Fsp3) is 0.654. The van der Waals surface area contributed by atoms with E-state index < -0.39 is 5.60 Å². The fourth-order valence-corrected chi connectivity index (χ4v) is 3.89. The molecule has 1 aliphatic rings. The van der Waals surface area contributed by atoms with Crippen LogP contribution in [0.25, 0.3) is 11.6 Å². The van der Waals surface area contributed by atoms with Crippen LogP contribution < -0.4 is 10.6 Å². The average Bonchev–Trinajstić information content (AvgIpc) is 3.18. The molecule has 0 aromatic carbocycles. The standard InChI is InChI=1S/C14H21NO.C12H23NO2/c1-6-10(2)13-9-11(3)15-14(13)8-7-12(4)16-5;1-3-12(15,4-2)9-11-5-7-13(10-14)8-6-11/h7-9,15H,6H2,1-5H3;10-11,15H,3-9H2,1-2H3/b12-7+,13-10-,14-8+;. The summed E-state index contributed by atoms with van der Waals surface area (Å²) < 4.78 is 5.11. The van der Waals surface area contributed by atoms with Crippen molar-refractivity contribution in [1.82, 2.24) is 9.88 Å². The van der Waals surface area contributed by atoms with Crippen molar-refractivity contribution in [3.63, 3.8) is 0 Å². The molecule has 2 N–H and O–H groups in total. The summed E-state index contributed by atoms with van der Waals surface area (Å²) in [6, 6.07) is 2.20. The molecule has 1 aliphatic heterocycles. The van der Waals surface area contributed by atoms with Crippen molar-refractivity contribution in [2.45, 2.75) is 85.7 Å². The number of allylic oxidation sites excluding steroid dienone is 2. The second kappa shape index (κ2) is 13.4. The van der Waals surface area contributed by atoms with E-state index in [1.54, 1.807) is 7.11 Å². The van der Waals surface area contributed by atoms with Gasteiger partial charge in [0.1, 0.15) is 0 Å². The topological polar surface area (TPSA) is 65.6 Å². The van der Waals surface area contributed by atoms with Gasteiger partial charge < -0.3 is 19.7 Å². The quantitative estimate of drug-likeness (QED) is 0.481. The molecule has 0 saturated carbocycles. The van der Waals surface area contributed by atoms with Crippen molar-refractivity contribution in [1.29, 1.82) is 0 Å². The summed E-state index contributed by atoms with van der Waals surface area (Å²) in [5.41, 5.74) is 2.12. The van der Waals surface area contributed by atoms with Crippen LogP contribution in [0.15, 0.2) is 17.9 Å². The minimum atomic E-state index is -0.478. The van der Waals surface area contributed by atoms with Crippen LogP contribution in [0, 0.1) is 12.8 Å². The number of carbonyl (C=O) groups excluding carboxylic acids is 1. The zero-order valence-electron chi connectivity index (χ0n) is 20.8. The monoisotopic (exact) mass is 432 g/mol. The average molecular weight is 433 g/mol. The van der Waals surface area contributed by atoms with Gasteiger partial charge in [0.2, 0.25) is 6.41 Å². The molecule has 0 spiro atoms. The van der Waals surface area contributed by atoms with Gasteiger partial charge in [0.25, 0.3) is 0 Å². The Morgan fingerprint density at radius 1 is 1.26 bits per heavy atom. The maximum atomic E-state index is 10.5. The Kier molecular flexibility index (Phi) is 11.7. The first-order valence-corrected chi connectivity index (χ1v) is 11.7. The number of hydrogen-bond acceptors (Lipinski definition) is 3. The van der Waals surface area contributed by atoms with Gasteiger partial charge in [-0.25, -0.2) is 0 Å². The molecule has 5 nitrogen and oxygen atoms in total. The van der Waals surface area contributed by atoms with E-state index in [-0.39, 0.29) is 0 Å². The van der Waals surface area contributed by atoms with Gasteiger partial charge in [0.05, 0.1) is 18.5 Å². The first kappa shape index (κ1) is 27.0. The van der Waals surface area contributed by atoms with Crippen molar-refractivity contribution in [2.75, 3.05) is 20.2 Å². The molecular weight excluding hydrogens is 388 g/mol. The number of nitrogens with one attached hydrogen (secondary N) is 1. The molecule has 1 aromatic heterocycles. The highest BCUT2D eigenvalue weighted by atomic mass is 16.5. The van der Waals surface area contributed by atoms with Gasteiger partial charge in [-0.2, -0.15) is 0 Å². The normalized spacial score (nSPS) is 17.2. The smallest absolute Gasteiger partial charge is 0.209 e. The molecular formula is C26H44N2O3. The summed E-state index contributed by atoms with van der Waals surface area (Å²) in [4.78, 5) is 15.7. The summed E-state index contributed by atoms with van der Waals surface area (Å²) in [6.45, 7) is 14.2. The Balaban J connectivity index is 0.000000311.